The van der Waals surface area contributed by atoms with Crippen molar-refractivity contribution in [3.05, 3.63) is 29.0 Å². The van der Waals surface area contributed by atoms with Gasteiger partial charge in [-0.2, -0.15) is 0 Å². The summed E-state index contributed by atoms with van der Waals surface area (Å²) in [5.74, 6) is 0.802. The largest absolute Gasteiger partial charge is 0.554 e. The molecule has 2 heterocycles. The zero-order valence-corrected chi connectivity index (χ0v) is 28.3. The number of amides is 2. The van der Waals surface area contributed by atoms with Crippen LogP contribution in [0.2, 0.25) is 0 Å². The van der Waals surface area contributed by atoms with E-state index in [1.165, 1.54) is 0 Å². The van der Waals surface area contributed by atoms with Crippen molar-refractivity contribution >= 4 is 17.6 Å². The molecule has 0 aromatic heterocycles. The molecule has 2 amide bonds. The number of nitrogens with zero attached hydrogens (tertiary/aromatic N) is 2. The third-order valence-electron chi connectivity index (χ3n) is 5.92. The number of nitrogens with one attached hydrogen (secondary N) is 2. The number of rotatable bonds is 9. The molecule has 0 aromatic rings. The molecule has 196 valence electrons. The first-order valence-corrected chi connectivity index (χ1v) is 10.8. The molecule has 10 heteroatoms. The van der Waals surface area contributed by atoms with Gasteiger partial charge in [0.05, 0.1) is 24.2 Å². The molecule has 2 aliphatic rings. The third kappa shape index (κ3) is 11.4. The van der Waals surface area contributed by atoms with Gasteiger partial charge in [0.2, 0.25) is 11.8 Å². The Kier molecular flexibility index (Phi) is 25.5. The van der Waals surface area contributed by atoms with E-state index in [0.717, 1.165) is 19.4 Å². The van der Waals surface area contributed by atoms with Crippen molar-refractivity contribution < 1.29 is 84.5 Å². The quantitative estimate of drug-likeness (QED) is 0.379. The Morgan fingerprint density at radius 2 is 1.47 bits per heavy atom. The van der Waals surface area contributed by atoms with Gasteiger partial charge < -0.3 is 40.0 Å². The topological polar surface area (TPSA) is 91.0 Å². The average Bonchev–Trinajstić information content (AvgIpc) is 3.22. The molecule has 2 saturated heterocycles. The van der Waals surface area contributed by atoms with Gasteiger partial charge in [0.25, 0.3) is 0 Å². The van der Waals surface area contributed by atoms with Crippen LogP contribution in [-0.4, -0.2) is 78.3 Å². The van der Waals surface area contributed by atoms with Crippen molar-refractivity contribution in [3.8, 4) is 0 Å². The number of ketones is 1. The van der Waals surface area contributed by atoms with Gasteiger partial charge >= 0.3 is 0 Å². The Labute approximate surface area is 259 Å². The van der Waals surface area contributed by atoms with E-state index in [-0.39, 0.29) is 128 Å². The number of Topliss-reactive ketones (excluding diaryl/α,β-unsaturated/α-hetero) is 1. The fourth-order valence-electron chi connectivity index (χ4n) is 4.28. The van der Waals surface area contributed by atoms with Gasteiger partial charge in [-0.1, -0.05) is 27.7 Å². The van der Waals surface area contributed by atoms with Gasteiger partial charge in [-0.15, -0.1) is 0 Å². The zero-order valence-electron chi connectivity index (χ0n) is 22.6. The predicted octanol–water partition coefficient (Wildman–Crippen LogP) is 2.12. The van der Waals surface area contributed by atoms with Crippen LogP contribution in [0.5, 0.6) is 0 Å². The van der Waals surface area contributed by atoms with Crippen LogP contribution in [0, 0.1) is 40.8 Å². The number of carbonyl (C=O) groups is 3. The second-order valence-corrected chi connectivity index (χ2v) is 8.72. The van der Waals surface area contributed by atoms with Crippen LogP contribution >= 0.6 is 0 Å². The van der Waals surface area contributed by atoms with Gasteiger partial charge in [0.1, 0.15) is 0 Å². The molecule has 2 radical (unpaired) electrons. The molecule has 34 heavy (non-hydrogen) atoms. The number of hydrogen-bond donors (Lipinski definition) is 2. The first-order chi connectivity index (χ1) is 14.1. The summed E-state index contributed by atoms with van der Waals surface area (Å²) in [7, 11) is 8.74. The summed E-state index contributed by atoms with van der Waals surface area (Å²) in [6.45, 7) is 11.6. The van der Waals surface area contributed by atoms with E-state index < -0.39 is 0 Å². The monoisotopic (exact) mass is 632 g/mol. The van der Waals surface area contributed by atoms with Crippen LogP contribution in [0.1, 0.15) is 47.5 Å². The van der Waals surface area contributed by atoms with Crippen molar-refractivity contribution in [2.45, 2.75) is 71.6 Å². The minimum Gasteiger partial charge on any atom is -0.554 e. The molecule has 8 nitrogen and oxygen atoms in total. The minimum absolute atomic E-state index is 0. The maximum Gasteiger partial charge on any atom is 0.240 e. The first-order valence-electron chi connectivity index (χ1n) is 10.8. The summed E-state index contributed by atoms with van der Waals surface area (Å²) < 4.78 is 4.93. The second-order valence-electron chi connectivity index (χ2n) is 8.72. The van der Waals surface area contributed by atoms with Crippen molar-refractivity contribution in [1.29, 1.82) is 0 Å². The van der Waals surface area contributed by atoms with Crippen LogP contribution < -0.4 is 10.6 Å². The van der Waals surface area contributed by atoms with Gasteiger partial charge in [-0.05, 0) is 38.6 Å². The zero-order chi connectivity index (χ0) is 23.0. The van der Waals surface area contributed by atoms with Crippen LogP contribution in [0.15, 0.2) is 0 Å². The second kappa shape index (κ2) is 20.7. The third-order valence-corrected chi connectivity index (χ3v) is 5.92. The Balaban J connectivity index is -0.000000237. The maximum absolute atomic E-state index is 11.9. The molecular formula is C24H46N4O4Y2-4. The summed E-state index contributed by atoms with van der Waals surface area (Å²) in [6, 6.07) is -0.370. The normalized spacial score (nSPS) is 21.0. The van der Waals surface area contributed by atoms with Crippen molar-refractivity contribution in [3.63, 3.8) is 0 Å². The summed E-state index contributed by atoms with van der Waals surface area (Å²) in [5, 5.41) is 5.76. The Hall–Kier alpha value is 0.698. The molecule has 4 atom stereocenters. The van der Waals surface area contributed by atoms with E-state index in [4.69, 9.17) is 4.74 Å². The summed E-state index contributed by atoms with van der Waals surface area (Å²) in [5.41, 5.74) is 0. The van der Waals surface area contributed by atoms with E-state index in [1.54, 1.807) is 11.8 Å². The molecule has 0 bridgehead atoms. The standard InChI is InChI=1S/C11H21N2O2.C11H19N2O2.2CH3.2Y/c1-8(2)10(7-15-4)13-6-5-9(12-3)11(13)14;1-7(2)10(8(3)14)13-6-5-9(12-4)11(13)15;;;;/h8-10,12H,4-7H2,1-3H3;7,9-10,12H,4-6H2,1-3H3;2*1H3;;/q4*-1;;. The SMILES string of the molecule is [CH2-]NC1CCN(C(C(C)=O)C(C)C)C1=O.[CH2-]OCC(C(C)C)N1CCC(NC)C1=O.[CH3-].[CH3-].[Y].[Y]. The molecule has 4 unspecified atom stereocenters. The van der Waals surface area contributed by atoms with Crippen molar-refractivity contribution in [1.82, 2.24) is 20.4 Å². The molecular weight excluding hydrogens is 586 g/mol. The first kappa shape index (κ1) is 41.8. The Morgan fingerprint density at radius 3 is 1.79 bits per heavy atom. The number of carbonyl (C=O) groups excluding carboxylic acids is 3. The number of likely N-dealkylation sites (N-methyl/N-ethyl adjacent to an activating group) is 1. The fourth-order valence-corrected chi connectivity index (χ4v) is 4.28. The number of hydrogen-bond acceptors (Lipinski definition) is 6. The van der Waals surface area contributed by atoms with Gasteiger partial charge in [-0.25, -0.2) is 7.11 Å². The molecule has 0 saturated carbocycles. The maximum atomic E-state index is 11.9. The van der Waals surface area contributed by atoms with E-state index >= 15 is 0 Å². The molecule has 2 aliphatic heterocycles. The molecule has 2 fully saturated rings. The molecule has 2 rings (SSSR count). The summed E-state index contributed by atoms with van der Waals surface area (Å²) >= 11 is 0. The van der Waals surface area contributed by atoms with Crippen LogP contribution in [-0.2, 0) is 84.5 Å². The van der Waals surface area contributed by atoms with Crippen LogP contribution in [0.25, 0.3) is 0 Å². The Bertz CT molecular complexity index is 593. The summed E-state index contributed by atoms with van der Waals surface area (Å²) in [4.78, 5) is 38.9. The molecule has 2 N–H and O–H groups in total. The van der Waals surface area contributed by atoms with Crippen LogP contribution in [0.3, 0.4) is 0 Å². The van der Waals surface area contributed by atoms with Gasteiger partial charge in [0.15, 0.2) is 5.78 Å². The van der Waals surface area contributed by atoms with Crippen LogP contribution in [0.4, 0.5) is 0 Å². The number of likely N-dealkylation sites (tertiary alicyclic amines) is 2. The predicted molar refractivity (Wildman–Crippen MR) is 130 cm³/mol. The smallest absolute Gasteiger partial charge is 0.240 e. The summed E-state index contributed by atoms with van der Waals surface area (Å²) in [6.07, 6.45) is 1.62. The van der Waals surface area contributed by atoms with E-state index in [2.05, 4.69) is 38.6 Å². The molecule has 0 spiro atoms. The minimum atomic E-state index is -0.282. The molecule has 0 aromatic carbocycles. The van der Waals surface area contributed by atoms with E-state index in [9.17, 15) is 14.4 Å². The average molecular weight is 632 g/mol. The van der Waals surface area contributed by atoms with E-state index in [1.807, 2.05) is 25.8 Å². The van der Waals surface area contributed by atoms with Crippen molar-refractivity contribution in [2.75, 3.05) is 26.7 Å². The number of ether oxygens (including phenoxy) is 1. The van der Waals surface area contributed by atoms with Crippen molar-refractivity contribution in [2.24, 2.45) is 11.8 Å². The molecule has 0 aliphatic carbocycles. The van der Waals surface area contributed by atoms with Gasteiger partial charge in [0, 0.05) is 85.1 Å². The van der Waals surface area contributed by atoms with Gasteiger partial charge in [-0.3, -0.25) is 21.4 Å². The fraction of sp³-hybridized carbons (Fsp3) is 0.708. The Morgan fingerprint density at radius 1 is 1.00 bits per heavy atom. The van der Waals surface area contributed by atoms with E-state index in [0.29, 0.717) is 19.1 Å².